The molecule has 1 aliphatic heterocycles. The molecule has 1 fully saturated rings. The van der Waals surface area contributed by atoms with Crippen LogP contribution in [0.5, 0.6) is 0 Å². The van der Waals surface area contributed by atoms with Crippen molar-refractivity contribution in [1.82, 2.24) is 0 Å². The standard InChI is InChI=1S/C11H19NO/c1-11(2)9(6-12)10(11)8-4-3-5-13-7-8/h7,9-10H,3-6,12H2,1-2H3/t9-,10-/m0/s1. The van der Waals surface area contributed by atoms with E-state index in [0.29, 0.717) is 17.3 Å². The lowest BCUT2D eigenvalue weighted by Crippen LogP contribution is -2.06. The van der Waals surface area contributed by atoms with Crippen molar-refractivity contribution in [3.8, 4) is 0 Å². The van der Waals surface area contributed by atoms with Gasteiger partial charge in [0.1, 0.15) is 0 Å². The number of allylic oxidation sites excluding steroid dienone is 1. The zero-order chi connectivity index (χ0) is 9.47. The summed E-state index contributed by atoms with van der Waals surface area (Å²) in [5, 5.41) is 0. The molecule has 2 heteroatoms. The van der Waals surface area contributed by atoms with Gasteiger partial charge in [0.15, 0.2) is 0 Å². The van der Waals surface area contributed by atoms with Crippen LogP contribution in [-0.4, -0.2) is 13.2 Å². The minimum Gasteiger partial charge on any atom is -0.501 e. The second kappa shape index (κ2) is 3.02. The van der Waals surface area contributed by atoms with Crippen molar-refractivity contribution in [1.29, 1.82) is 0 Å². The van der Waals surface area contributed by atoms with Crippen LogP contribution in [0.3, 0.4) is 0 Å². The van der Waals surface area contributed by atoms with Crippen molar-refractivity contribution in [3.05, 3.63) is 11.8 Å². The maximum absolute atomic E-state index is 5.74. The molecule has 0 spiro atoms. The largest absolute Gasteiger partial charge is 0.501 e. The Labute approximate surface area is 80.1 Å². The van der Waals surface area contributed by atoms with Gasteiger partial charge in [0.05, 0.1) is 12.9 Å². The molecule has 74 valence electrons. The maximum Gasteiger partial charge on any atom is 0.0876 e. The van der Waals surface area contributed by atoms with E-state index in [1.165, 1.54) is 18.4 Å². The summed E-state index contributed by atoms with van der Waals surface area (Å²) in [7, 11) is 0. The number of ether oxygens (including phenoxy) is 1. The summed E-state index contributed by atoms with van der Waals surface area (Å²) in [5.41, 5.74) is 7.65. The van der Waals surface area contributed by atoms with Gasteiger partial charge in [-0.15, -0.1) is 0 Å². The van der Waals surface area contributed by atoms with E-state index in [-0.39, 0.29) is 0 Å². The van der Waals surface area contributed by atoms with Gasteiger partial charge in [-0.3, -0.25) is 0 Å². The Balaban J connectivity index is 2.06. The van der Waals surface area contributed by atoms with E-state index < -0.39 is 0 Å². The summed E-state index contributed by atoms with van der Waals surface area (Å²) in [5.74, 6) is 1.37. The van der Waals surface area contributed by atoms with Gasteiger partial charge in [-0.2, -0.15) is 0 Å². The van der Waals surface area contributed by atoms with Crippen molar-refractivity contribution < 1.29 is 4.74 Å². The van der Waals surface area contributed by atoms with Gasteiger partial charge in [-0.1, -0.05) is 13.8 Å². The molecule has 2 aliphatic rings. The van der Waals surface area contributed by atoms with Crippen molar-refractivity contribution in [2.75, 3.05) is 13.2 Å². The molecule has 0 aromatic heterocycles. The Kier molecular flexibility index (Phi) is 2.11. The summed E-state index contributed by atoms with van der Waals surface area (Å²) in [6.45, 7) is 6.33. The SMILES string of the molecule is CC1(C)[C@@H](CN)[C@@H]1C1=COCCC1. The average molecular weight is 181 g/mol. The molecule has 2 rings (SSSR count). The van der Waals surface area contributed by atoms with Crippen molar-refractivity contribution in [2.24, 2.45) is 23.0 Å². The third-order valence-corrected chi connectivity index (χ3v) is 3.67. The average Bonchev–Trinajstić information content (AvgIpc) is 2.69. The van der Waals surface area contributed by atoms with E-state index in [2.05, 4.69) is 13.8 Å². The summed E-state index contributed by atoms with van der Waals surface area (Å²) < 4.78 is 5.37. The van der Waals surface area contributed by atoms with Crippen LogP contribution in [0.2, 0.25) is 0 Å². The van der Waals surface area contributed by atoms with E-state index in [4.69, 9.17) is 10.5 Å². The van der Waals surface area contributed by atoms with Crippen LogP contribution in [-0.2, 0) is 4.74 Å². The fraction of sp³-hybridized carbons (Fsp3) is 0.818. The van der Waals surface area contributed by atoms with E-state index in [9.17, 15) is 0 Å². The molecule has 0 radical (unpaired) electrons. The minimum absolute atomic E-state index is 0.418. The Morgan fingerprint density at radius 1 is 1.62 bits per heavy atom. The summed E-state index contributed by atoms with van der Waals surface area (Å²) in [6.07, 6.45) is 4.37. The molecule has 0 aromatic carbocycles. The molecule has 1 aliphatic carbocycles. The summed E-state index contributed by atoms with van der Waals surface area (Å²) >= 11 is 0. The molecule has 0 bridgehead atoms. The first-order valence-corrected chi connectivity index (χ1v) is 5.18. The van der Waals surface area contributed by atoms with Gasteiger partial charge in [0, 0.05) is 0 Å². The molecule has 0 unspecified atom stereocenters. The van der Waals surface area contributed by atoms with Crippen LogP contribution in [0.1, 0.15) is 26.7 Å². The zero-order valence-corrected chi connectivity index (χ0v) is 8.55. The third-order valence-electron chi connectivity index (χ3n) is 3.67. The molecule has 13 heavy (non-hydrogen) atoms. The first-order valence-electron chi connectivity index (χ1n) is 5.18. The Hall–Kier alpha value is -0.500. The number of hydrogen-bond donors (Lipinski definition) is 1. The predicted octanol–water partition coefficient (Wildman–Crippen LogP) is 1.91. The first kappa shape index (κ1) is 9.07. The van der Waals surface area contributed by atoms with Crippen LogP contribution >= 0.6 is 0 Å². The molecule has 0 saturated heterocycles. The molecule has 2 atom stereocenters. The number of hydrogen-bond acceptors (Lipinski definition) is 2. The molecule has 1 heterocycles. The molecule has 0 amide bonds. The number of rotatable bonds is 2. The van der Waals surface area contributed by atoms with E-state index >= 15 is 0 Å². The van der Waals surface area contributed by atoms with E-state index in [0.717, 1.165) is 13.2 Å². The van der Waals surface area contributed by atoms with Gasteiger partial charge >= 0.3 is 0 Å². The third kappa shape index (κ3) is 1.37. The lowest BCUT2D eigenvalue weighted by molar-refractivity contribution is 0.220. The topological polar surface area (TPSA) is 35.2 Å². The van der Waals surface area contributed by atoms with Crippen molar-refractivity contribution in [2.45, 2.75) is 26.7 Å². The fourth-order valence-corrected chi connectivity index (χ4v) is 2.73. The molecule has 1 saturated carbocycles. The van der Waals surface area contributed by atoms with Gasteiger partial charge in [-0.05, 0) is 42.2 Å². The monoisotopic (exact) mass is 181 g/mol. The Morgan fingerprint density at radius 2 is 2.38 bits per heavy atom. The highest BCUT2D eigenvalue weighted by atomic mass is 16.5. The minimum atomic E-state index is 0.418. The van der Waals surface area contributed by atoms with Gasteiger partial charge in [-0.25, -0.2) is 0 Å². The molecule has 2 N–H and O–H groups in total. The highest BCUT2D eigenvalue weighted by molar-refractivity contribution is 5.23. The Bertz CT molecular complexity index is 232. The molecular weight excluding hydrogens is 162 g/mol. The van der Waals surface area contributed by atoms with Crippen LogP contribution in [0.25, 0.3) is 0 Å². The highest BCUT2D eigenvalue weighted by Crippen LogP contribution is 2.62. The van der Waals surface area contributed by atoms with Crippen LogP contribution in [0.15, 0.2) is 11.8 Å². The first-order chi connectivity index (χ1) is 6.18. The lowest BCUT2D eigenvalue weighted by Gasteiger charge is -2.14. The maximum atomic E-state index is 5.74. The normalized spacial score (nSPS) is 36.4. The summed E-state index contributed by atoms with van der Waals surface area (Å²) in [4.78, 5) is 0. The highest BCUT2D eigenvalue weighted by Gasteiger charge is 2.58. The molecular formula is C11H19NO. The molecule has 0 aromatic rings. The van der Waals surface area contributed by atoms with Gasteiger partial charge in [0.25, 0.3) is 0 Å². The quantitative estimate of drug-likeness (QED) is 0.706. The van der Waals surface area contributed by atoms with Gasteiger partial charge in [0.2, 0.25) is 0 Å². The lowest BCUT2D eigenvalue weighted by atomic mass is 10.00. The van der Waals surface area contributed by atoms with Gasteiger partial charge < -0.3 is 10.5 Å². The Morgan fingerprint density at radius 3 is 2.85 bits per heavy atom. The van der Waals surface area contributed by atoms with E-state index in [1.807, 2.05) is 6.26 Å². The second-order valence-corrected chi connectivity index (χ2v) is 4.81. The number of nitrogens with two attached hydrogens (primary N) is 1. The van der Waals surface area contributed by atoms with Crippen LogP contribution < -0.4 is 5.73 Å². The smallest absolute Gasteiger partial charge is 0.0876 e. The molecule has 2 nitrogen and oxygen atoms in total. The second-order valence-electron chi connectivity index (χ2n) is 4.81. The van der Waals surface area contributed by atoms with E-state index in [1.54, 1.807) is 0 Å². The fourth-order valence-electron chi connectivity index (χ4n) is 2.73. The van der Waals surface area contributed by atoms with Crippen molar-refractivity contribution in [3.63, 3.8) is 0 Å². The van der Waals surface area contributed by atoms with Crippen LogP contribution in [0, 0.1) is 17.3 Å². The van der Waals surface area contributed by atoms with Crippen LogP contribution in [0.4, 0.5) is 0 Å². The summed E-state index contributed by atoms with van der Waals surface area (Å²) in [6, 6.07) is 0. The van der Waals surface area contributed by atoms with Crippen molar-refractivity contribution >= 4 is 0 Å². The zero-order valence-electron chi connectivity index (χ0n) is 8.55. The predicted molar refractivity (Wildman–Crippen MR) is 53.1 cm³/mol.